The zero-order chi connectivity index (χ0) is 44.6. The number of carbonyl (C=O) groups is 3. The van der Waals surface area contributed by atoms with Crippen LogP contribution in [0.25, 0.3) is 0 Å². The first-order valence-corrected chi connectivity index (χ1v) is 23.5. The molecule has 1 rings (SSSR count). The van der Waals surface area contributed by atoms with Gasteiger partial charge in [-0.2, -0.15) is 0 Å². The summed E-state index contributed by atoms with van der Waals surface area (Å²) in [5.74, 6) is -2.55. The highest BCUT2D eigenvalue weighted by Crippen LogP contribution is 2.23. The Labute approximate surface area is 368 Å². The fourth-order valence-corrected chi connectivity index (χ4v) is 6.67. The molecule has 0 aliphatic carbocycles. The predicted octanol–water partition coefficient (Wildman–Crippen LogP) is 10.5. The molecule has 0 aromatic heterocycles. The van der Waals surface area contributed by atoms with Gasteiger partial charge in [0.25, 0.3) is 0 Å². The van der Waals surface area contributed by atoms with Gasteiger partial charge in [0.2, 0.25) is 0 Å². The van der Waals surface area contributed by atoms with Gasteiger partial charge in [-0.3, -0.25) is 9.59 Å². The molecule has 61 heavy (non-hydrogen) atoms. The fraction of sp³-hybridized carbons (Fsp3) is 0.700. The second-order valence-corrected chi connectivity index (χ2v) is 15.9. The minimum absolute atomic E-state index is 0.109. The minimum Gasteiger partial charge on any atom is -0.479 e. The van der Waals surface area contributed by atoms with Crippen LogP contribution < -0.4 is 0 Å². The van der Waals surface area contributed by atoms with Gasteiger partial charge < -0.3 is 39.4 Å². The number of hydrogen-bond donors (Lipinski definition) is 4. The Kier molecular flexibility index (Phi) is 36.0. The summed E-state index contributed by atoms with van der Waals surface area (Å²) in [7, 11) is 0. The van der Waals surface area contributed by atoms with Gasteiger partial charge in [0.15, 0.2) is 18.5 Å². The topological polar surface area (TPSA) is 169 Å². The van der Waals surface area contributed by atoms with Gasteiger partial charge >= 0.3 is 17.9 Å². The van der Waals surface area contributed by atoms with E-state index in [2.05, 4.69) is 74.6 Å². The van der Waals surface area contributed by atoms with Gasteiger partial charge in [0.1, 0.15) is 24.9 Å². The number of carboxylic acids is 1. The van der Waals surface area contributed by atoms with Crippen LogP contribution in [0.5, 0.6) is 0 Å². The van der Waals surface area contributed by atoms with Crippen LogP contribution in [-0.2, 0) is 33.3 Å². The SMILES string of the molecule is CC/C=C\C/C=C\C/C=C\C/C=C\C/C=C\C/C=C\CCC(=O)OCC(COC1OC(C(=O)O)C(O)C(O)C1O)OC(=O)CCCCCCCCCCCCCCCCCC. The number of allylic oxidation sites excluding steroid dienone is 12. The maximum atomic E-state index is 12.8. The number of rotatable bonds is 38. The van der Waals surface area contributed by atoms with Crippen molar-refractivity contribution in [2.75, 3.05) is 13.2 Å². The van der Waals surface area contributed by atoms with Gasteiger partial charge in [-0.05, 0) is 51.4 Å². The van der Waals surface area contributed by atoms with Crippen molar-refractivity contribution in [3.63, 3.8) is 0 Å². The molecule has 0 radical (unpaired) electrons. The van der Waals surface area contributed by atoms with Crippen molar-refractivity contribution in [2.45, 2.75) is 211 Å². The van der Waals surface area contributed by atoms with Crippen molar-refractivity contribution in [1.82, 2.24) is 0 Å². The summed E-state index contributed by atoms with van der Waals surface area (Å²) < 4.78 is 21.7. The third kappa shape index (κ3) is 31.2. The lowest BCUT2D eigenvalue weighted by molar-refractivity contribution is -0.298. The van der Waals surface area contributed by atoms with Crippen LogP contribution in [-0.4, -0.2) is 88.4 Å². The maximum absolute atomic E-state index is 12.8. The lowest BCUT2D eigenvalue weighted by atomic mass is 9.99. The molecule has 4 N–H and O–H groups in total. The Morgan fingerprint density at radius 2 is 0.967 bits per heavy atom. The summed E-state index contributed by atoms with van der Waals surface area (Å²) in [4.78, 5) is 36.8. The molecule has 1 saturated heterocycles. The lowest BCUT2D eigenvalue weighted by Gasteiger charge is -2.38. The van der Waals surface area contributed by atoms with Crippen molar-refractivity contribution in [3.8, 4) is 0 Å². The minimum atomic E-state index is -1.87. The Morgan fingerprint density at radius 1 is 0.525 bits per heavy atom. The molecule has 11 nitrogen and oxygen atoms in total. The molecule has 6 unspecified atom stereocenters. The number of ether oxygens (including phenoxy) is 4. The Bertz CT molecular complexity index is 1290. The molecule has 6 atom stereocenters. The number of carboxylic acid groups (broad SMARTS) is 1. The molecule has 0 spiro atoms. The quantitative estimate of drug-likeness (QED) is 0.0265. The maximum Gasteiger partial charge on any atom is 0.335 e. The number of aliphatic hydroxyl groups excluding tert-OH is 3. The van der Waals surface area contributed by atoms with Crippen molar-refractivity contribution in [3.05, 3.63) is 72.9 Å². The molecule has 0 bridgehead atoms. The molecule has 348 valence electrons. The molecule has 1 aliphatic rings. The normalized spacial score (nSPS) is 20.3. The van der Waals surface area contributed by atoms with Crippen molar-refractivity contribution >= 4 is 17.9 Å². The van der Waals surface area contributed by atoms with E-state index in [-0.39, 0.29) is 19.4 Å². The van der Waals surface area contributed by atoms with Gasteiger partial charge in [-0.25, -0.2) is 4.79 Å². The van der Waals surface area contributed by atoms with Crippen LogP contribution in [0.2, 0.25) is 0 Å². The summed E-state index contributed by atoms with van der Waals surface area (Å²) >= 11 is 0. The van der Waals surface area contributed by atoms with Crippen molar-refractivity contribution in [1.29, 1.82) is 0 Å². The second kappa shape index (κ2) is 39.5. The summed E-state index contributed by atoms with van der Waals surface area (Å²) in [6, 6.07) is 0. The highest BCUT2D eigenvalue weighted by Gasteiger charge is 2.47. The number of hydrogen-bond acceptors (Lipinski definition) is 10. The molecule has 1 heterocycles. The predicted molar refractivity (Wildman–Crippen MR) is 243 cm³/mol. The Morgan fingerprint density at radius 3 is 1.43 bits per heavy atom. The third-order valence-corrected chi connectivity index (χ3v) is 10.3. The van der Waals surface area contributed by atoms with Gasteiger partial charge in [0.05, 0.1) is 6.61 Å². The molecule has 1 fully saturated rings. The molecule has 0 aromatic carbocycles. The van der Waals surface area contributed by atoms with E-state index in [0.29, 0.717) is 12.8 Å². The largest absolute Gasteiger partial charge is 0.479 e. The van der Waals surface area contributed by atoms with Gasteiger partial charge in [-0.15, -0.1) is 0 Å². The zero-order valence-electron chi connectivity index (χ0n) is 37.6. The standard InChI is InChI=1S/C50H82O11/c1-3-5-7-9-11-13-15-17-19-21-22-23-25-26-28-30-32-34-36-38-43(51)58-40-42(41-59-50-47(55)45(53)46(54)48(61-50)49(56)57)60-44(52)39-37-35-33-31-29-27-24-20-18-16-14-12-10-8-6-4-2/h5,7,11,13,17,19,22-23,26,28,32,34,42,45-48,50,53-55H,3-4,6,8-10,12,14-16,18,20-21,24-25,27,29-31,33,35-41H2,1-2H3,(H,56,57)/b7-5-,13-11-,19-17-,23-22-,28-26-,34-32-. The lowest BCUT2D eigenvalue weighted by Crippen LogP contribution is -2.60. The van der Waals surface area contributed by atoms with E-state index in [1.165, 1.54) is 77.0 Å². The Hall–Kier alpha value is -3.35. The highest BCUT2D eigenvalue weighted by molar-refractivity contribution is 5.73. The van der Waals surface area contributed by atoms with Crippen molar-refractivity contribution in [2.24, 2.45) is 0 Å². The average Bonchev–Trinajstić information content (AvgIpc) is 3.24. The van der Waals surface area contributed by atoms with Crippen molar-refractivity contribution < 1.29 is 53.8 Å². The van der Waals surface area contributed by atoms with E-state index < -0.39 is 61.3 Å². The number of aliphatic carboxylic acids is 1. The van der Waals surface area contributed by atoms with Crippen LogP contribution in [0.1, 0.15) is 174 Å². The molecule has 0 saturated carbocycles. The second-order valence-electron chi connectivity index (χ2n) is 15.9. The van der Waals surface area contributed by atoms with Crippen LogP contribution >= 0.6 is 0 Å². The van der Waals surface area contributed by atoms with Crippen LogP contribution in [0, 0.1) is 0 Å². The number of aliphatic hydroxyl groups is 3. The number of esters is 2. The molecule has 11 heteroatoms. The van der Waals surface area contributed by atoms with E-state index in [1.54, 1.807) is 0 Å². The molecular weight excluding hydrogens is 777 g/mol. The van der Waals surface area contributed by atoms with Gasteiger partial charge in [0, 0.05) is 12.8 Å². The zero-order valence-corrected chi connectivity index (χ0v) is 37.6. The van der Waals surface area contributed by atoms with E-state index in [0.717, 1.165) is 57.8 Å². The fourth-order valence-electron chi connectivity index (χ4n) is 6.67. The molecule has 0 aromatic rings. The summed E-state index contributed by atoms with van der Waals surface area (Å²) in [5.41, 5.74) is 0. The van der Waals surface area contributed by atoms with Crippen LogP contribution in [0.15, 0.2) is 72.9 Å². The molecular formula is C50H82O11. The van der Waals surface area contributed by atoms with Crippen LogP contribution in [0.3, 0.4) is 0 Å². The summed E-state index contributed by atoms with van der Waals surface area (Å²) in [5, 5.41) is 39.8. The Balaban J connectivity index is 2.41. The average molecular weight is 859 g/mol. The smallest absolute Gasteiger partial charge is 0.335 e. The summed E-state index contributed by atoms with van der Waals surface area (Å²) in [6.45, 7) is 3.64. The first-order chi connectivity index (χ1) is 29.7. The first-order valence-electron chi connectivity index (χ1n) is 23.5. The van der Waals surface area contributed by atoms with E-state index in [1.807, 2.05) is 12.2 Å². The number of unbranched alkanes of at least 4 members (excludes halogenated alkanes) is 15. The van der Waals surface area contributed by atoms with Crippen LogP contribution in [0.4, 0.5) is 0 Å². The monoisotopic (exact) mass is 859 g/mol. The van der Waals surface area contributed by atoms with E-state index in [4.69, 9.17) is 18.9 Å². The number of carbonyl (C=O) groups excluding carboxylic acids is 2. The third-order valence-electron chi connectivity index (χ3n) is 10.3. The van der Waals surface area contributed by atoms with E-state index >= 15 is 0 Å². The highest BCUT2D eigenvalue weighted by atomic mass is 16.7. The van der Waals surface area contributed by atoms with E-state index in [9.17, 15) is 34.8 Å². The molecule has 1 aliphatic heterocycles. The molecule has 0 amide bonds. The van der Waals surface area contributed by atoms with Gasteiger partial charge in [-0.1, -0.05) is 183 Å². The first kappa shape index (κ1) is 55.7. The summed E-state index contributed by atoms with van der Waals surface area (Å²) in [6.07, 6.45) is 41.1.